The van der Waals surface area contributed by atoms with E-state index in [2.05, 4.69) is 24.1 Å². The normalized spacial score (nSPS) is 17.6. The second kappa shape index (κ2) is 8.06. The van der Waals surface area contributed by atoms with Gasteiger partial charge in [0.1, 0.15) is 6.61 Å². The Balaban J connectivity index is 2.09. The fourth-order valence-corrected chi connectivity index (χ4v) is 2.75. The van der Waals surface area contributed by atoms with Gasteiger partial charge in [-0.2, -0.15) is 0 Å². The largest absolute Gasteiger partial charge is 0.375 e. The number of hydrogen-bond donors (Lipinski definition) is 1. The summed E-state index contributed by atoms with van der Waals surface area (Å²) in [5.41, 5.74) is 1.39. The van der Waals surface area contributed by atoms with Crippen molar-refractivity contribution >= 4 is 11.8 Å². The van der Waals surface area contributed by atoms with Gasteiger partial charge in [0.15, 0.2) is 0 Å². The standard InChI is InChI=1S/C17H25N3O3/c1-12(2)9-19-17(22)14-5-4-7-18-16(14)13-6-8-20(10-13)15(21)11-23-3/h4-5,7,12-13H,6,8-11H2,1-3H3,(H,19,22)/t13-/m1/s1. The Bertz CT molecular complexity index is 560. The van der Waals surface area contributed by atoms with Crippen molar-refractivity contribution in [1.29, 1.82) is 0 Å². The third-order valence-corrected chi connectivity index (χ3v) is 3.95. The Hall–Kier alpha value is -1.95. The van der Waals surface area contributed by atoms with Gasteiger partial charge < -0.3 is 15.0 Å². The zero-order chi connectivity index (χ0) is 16.8. The lowest BCUT2D eigenvalue weighted by Crippen LogP contribution is -2.32. The molecule has 1 aromatic heterocycles. The number of ether oxygens (including phenoxy) is 1. The molecule has 1 saturated heterocycles. The Kier molecular flexibility index (Phi) is 6.10. The predicted molar refractivity (Wildman–Crippen MR) is 87.2 cm³/mol. The van der Waals surface area contributed by atoms with Crippen LogP contribution in [0.1, 0.15) is 42.2 Å². The molecule has 0 aromatic carbocycles. The number of nitrogens with zero attached hydrogens (tertiary/aromatic N) is 2. The van der Waals surface area contributed by atoms with Crippen molar-refractivity contribution in [1.82, 2.24) is 15.2 Å². The molecule has 0 radical (unpaired) electrons. The first-order valence-electron chi connectivity index (χ1n) is 8.02. The minimum Gasteiger partial charge on any atom is -0.375 e. The molecular formula is C17H25N3O3. The molecule has 1 aliphatic heterocycles. The molecule has 6 nitrogen and oxygen atoms in total. The van der Waals surface area contributed by atoms with Gasteiger partial charge in [0.05, 0.1) is 11.3 Å². The number of carbonyl (C=O) groups is 2. The van der Waals surface area contributed by atoms with Gasteiger partial charge >= 0.3 is 0 Å². The molecule has 0 spiro atoms. The topological polar surface area (TPSA) is 71.5 Å². The number of aromatic nitrogens is 1. The van der Waals surface area contributed by atoms with Gasteiger partial charge in [0.2, 0.25) is 5.91 Å². The number of amides is 2. The van der Waals surface area contributed by atoms with Crippen LogP contribution in [-0.4, -0.2) is 55.0 Å². The molecule has 0 bridgehead atoms. The first-order chi connectivity index (χ1) is 11.0. The van der Waals surface area contributed by atoms with Crippen molar-refractivity contribution in [3.63, 3.8) is 0 Å². The van der Waals surface area contributed by atoms with E-state index in [1.165, 1.54) is 7.11 Å². The highest BCUT2D eigenvalue weighted by molar-refractivity contribution is 5.95. The zero-order valence-corrected chi connectivity index (χ0v) is 14.0. The smallest absolute Gasteiger partial charge is 0.253 e. The first-order valence-corrected chi connectivity index (χ1v) is 8.02. The Labute approximate surface area is 137 Å². The van der Waals surface area contributed by atoms with Crippen molar-refractivity contribution in [2.45, 2.75) is 26.2 Å². The number of pyridine rings is 1. The minimum atomic E-state index is -0.0940. The van der Waals surface area contributed by atoms with Gasteiger partial charge in [-0.1, -0.05) is 13.8 Å². The molecular weight excluding hydrogens is 294 g/mol. The summed E-state index contributed by atoms with van der Waals surface area (Å²) < 4.78 is 4.90. The van der Waals surface area contributed by atoms with E-state index in [-0.39, 0.29) is 24.3 Å². The number of carbonyl (C=O) groups excluding carboxylic acids is 2. The van der Waals surface area contributed by atoms with Crippen LogP contribution in [0.2, 0.25) is 0 Å². The van der Waals surface area contributed by atoms with E-state index in [0.717, 1.165) is 12.1 Å². The highest BCUT2D eigenvalue weighted by Gasteiger charge is 2.30. The van der Waals surface area contributed by atoms with Crippen molar-refractivity contribution < 1.29 is 14.3 Å². The van der Waals surface area contributed by atoms with E-state index in [9.17, 15) is 9.59 Å². The van der Waals surface area contributed by atoms with Crippen molar-refractivity contribution in [3.05, 3.63) is 29.6 Å². The summed E-state index contributed by atoms with van der Waals surface area (Å²) in [5, 5.41) is 2.94. The minimum absolute atomic E-state index is 0.0169. The number of rotatable bonds is 6. The van der Waals surface area contributed by atoms with E-state index in [1.807, 2.05) is 0 Å². The summed E-state index contributed by atoms with van der Waals surface area (Å²) in [6.45, 7) is 6.11. The van der Waals surface area contributed by atoms with Crippen LogP contribution in [-0.2, 0) is 9.53 Å². The number of hydrogen-bond acceptors (Lipinski definition) is 4. The number of methoxy groups -OCH3 is 1. The van der Waals surface area contributed by atoms with Crippen LogP contribution < -0.4 is 5.32 Å². The van der Waals surface area contributed by atoms with Gasteiger partial charge in [-0.25, -0.2) is 0 Å². The maximum absolute atomic E-state index is 12.4. The molecule has 2 rings (SSSR count). The van der Waals surface area contributed by atoms with Crippen molar-refractivity contribution in [2.24, 2.45) is 5.92 Å². The average molecular weight is 319 g/mol. The highest BCUT2D eigenvalue weighted by Crippen LogP contribution is 2.28. The fraction of sp³-hybridized carbons (Fsp3) is 0.588. The molecule has 2 amide bonds. The quantitative estimate of drug-likeness (QED) is 0.861. The summed E-state index contributed by atoms with van der Waals surface area (Å²) in [4.78, 5) is 30.5. The molecule has 0 aliphatic carbocycles. The van der Waals surface area contributed by atoms with Crippen LogP contribution in [0.4, 0.5) is 0 Å². The molecule has 1 aromatic rings. The fourth-order valence-electron chi connectivity index (χ4n) is 2.75. The summed E-state index contributed by atoms with van der Waals surface area (Å²) in [6, 6.07) is 3.58. The molecule has 1 N–H and O–H groups in total. The Morgan fingerprint density at radius 3 is 2.96 bits per heavy atom. The SMILES string of the molecule is COCC(=O)N1CC[C@@H](c2ncccc2C(=O)NCC(C)C)C1. The third kappa shape index (κ3) is 4.51. The van der Waals surface area contributed by atoms with Crippen LogP contribution in [0.3, 0.4) is 0 Å². The second-order valence-electron chi connectivity index (χ2n) is 6.30. The maximum atomic E-state index is 12.4. The number of likely N-dealkylation sites (tertiary alicyclic amines) is 1. The van der Waals surface area contributed by atoms with Crippen molar-refractivity contribution in [2.75, 3.05) is 33.4 Å². The number of nitrogens with one attached hydrogen (secondary N) is 1. The summed E-state index contributed by atoms with van der Waals surface area (Å²) in [6.07, 6.45) is 2.52. The lowest BCUT2D eigenvalue weighted by molar-refractivity contribution is -0.134. The average Bonchev–Trinajstić information content (AvgIpc) is 3.02. The monoisotopic (exact) mass is 319 g/mol. The van der Waals surface area contributed by atoms with Gasteiger partial charge in [0.25, 0.3) is 5.91 Å². The summed E-state index contributed by atoms with van der Waals surface area (Å²) in [7, 11) is 1.52. The van der Waals surface area contributed by atoms with E-state index < -0.39 is 0 Å². The van der Waals surface area contributed by atoms with Crippen LogP contribution in [0.15, 0.2) is 18.3 Å². The molecule has 1 fully saturated rings. The molecule has 126 valence electrons. The highest BCUT2D eigenvalue weighted by atomic mass is 16.5. The zero-order valence-electron chi connectivity index (χ0n) is 14.0. The lowest BCUT2D eigenvalue weighted by Gasteiger charge is -2.17. The van der Waals surface area contributed by atoms with E-state index in [1.54, 1.807) is 23.2 Å². The lowest BCUT2D eigenvalue weighted by atomic mass is 9.98. The molecule has 0 saturated carbocycles. The molecule has 1 atom stereocenters. The summed E-state index contributed by atoms with van der Waals surface area (Å²) in [5.74, 6) is 0.379. The van der Waals surface area contributed by atoms with Crippen LogP contribution >= 0.6 is 0 Å². The maximum Gasteiger partial charge on any atom is 0.253 e. The molecule has 0 unspecified atom stereocenters. The van der Waals surface area contributed by atoms with E-state index in [4.69, 9.17) is 4.74 Å². The molecule has 23 heavy (non-hydrogen) atoms. The third-order valence-electron chi connectivity index (χ3n) is 3.95. The Morgan fingerprint density at radius 1 is 1.48 bits per heavy atom. The van der Waals surface area contributed by atoms with Gasteiger partial charge in [-0.05, 0) is 24.5 Å². The van der Waals surface area contributed by atoms with Crippen LogP contribution in [0.25, 0.3) is 0 Å². The van der Waals surface area contributed by atoms with Crippen LogP contribution in [0, 0.1) is 5.92 Å². The Morgan fingerprint density at radius 2 is 2.26 bits per heavy atom. The molecule has 1 aliphatic rings. The van der Waals surface area contributed by atoms with E-state index >= 15 is 0 Å². The van der Waals surface area contributed by atoms with Crippen molar-refractivity contribution in [3.8, 4) is 0 Å². The second-order valence-corrected chi connectivity index (χ2v) is 6.30. The first kappa shape index (κ1) is 17.4. The molecule has 6 heteroatoms. The predicted octanol–water partition coefficient (Wildman–Crippen LogP) is 1.43. The molecule has 2 heterocycles. The van der Waals surface area contributed by atoms with Gasteiger partial charge in [-0.15, -0.1) is 0 Å². The van der Waals surface area contributed by atoms with E-state index in [0.29, 0.717) is 31.1 Å². The van der Waals surface area contributed by atoms with Gasteiger partial charge in [-0.3, -0.25) is 14.6 Å². The van der Waals surface area contributed by atoms with Crippen LogP contribution in [0.5, 0.6) is 0 Å². The van der Waals surface area contributed by atoms with Gasteiger partial charge in [0, 0.05) is 38.9 Å². The summed E-state index contributed by atoms with van der Waals surface area (Å²) >= 11 is 0.